The maximum absolute atomic E-state index is 12.8. The second-order valence-corrected chi connectivity index (χ2v) is 4.81. The minimum Gasteiger partial charge on any atom is -0.469 e. The van der Waals surface area contributed by atoms with Gasteiger partial charge in [0.05, 0.1) is 19.2 Å². The van der Waals surface area contributed by atoms with E-state index in [0.717, 1.165) is 0 Å². The number of carbonyl (C=O) groups is 1. The molecule has 94 valence electrons. The molecule has 0 aromatic carbocycles. The fourth-order valence-corrected chi connectivity index (χ4v) is 2.59. The van der Waals surface area contributed by atoms with Crippen LogP contribution in [0, 0.1) is 3.70 Å². The van der Waals surface area contributed by atoms with Crippen LogP contribution in [0.1, 0.15) is 23.2 Å². The van der Waals surface area contributed by atoms with Gasteiger partial charge in [0.2, 0.25) is 0 Å². The summed E-state index contributed by atoms with van der Waals surface area (Å²) in [5, 5.41) is 0.225. The molecular weight excluding hydrogens is 411 g/mol. The van der Waals surface area contributed by atoms with E-state index in [-0.39, 0.29) is 17.3 Å². The molecule has 0 amide bonds. The fourth-order valence-electron chi connectivity index (χ4n) is 1.31. The third-order valence-corrected chi connectivity index (χ3v) is 3.23. The molecular formula is C10H9BrF2INO2. The highest BCUT2D eigenvalue weighted by Gasteiger charge is 2.19. The van der Waals surface area contributed by atoms with Crippen LogP contribution >= 0.6 is 38.5 Å². The Morgan fingerprint density at radius 3 is 2.76 bits per heavy atom. The summed E-state index contributed by atoms with van der Waals surface area (Å²) in [5.41, 5.74) is 0.585. The highest BCUT2D eigenvalue weighted by Crippen LogP contribution is 2.28. The van der Waals surface area contributed by atoms with Crippen LogP contribution < -0.4 is 0 Å². The zero-order valence-corrected chi connectivity index (χ0v) is 12.6. The minimum atomic E-state index is -2.59. The van der Waals surface area contributed by atoms with Crippen LogP contribution in [-0.4, -0.2) is 18.1 Å². The van der Waals surface area contributed by atoms with Gasteiger partial charge in [0.1, 0.15) is 3.70 Å². The molecule has 0 aliphatic carbocycles. The number of nitrogens with zero attached hydrogens (tertiary/aromatic N) is 1. The maximum Gasteiger partial charge on any atom is 0.311 e. The quantitative estimate of drug-likeness (QED) is 0.325. The van der Waals surface area contributed by atoms with Crippen molar-refractivity contribution < 1.29 is 18.3 Å². The molecule has 0 saturated heterocycles. The average molecular weight is 420 g/mol. The van der Waals surface area contributed by atoms with Crippen LogP contribution in [0.5, 0.6) is 0 Å². The Morgan fingerprint density at radius 1 is 1.65 bits per heavy atom. The van der Waals surface area contributed by atoms with Crippen molar-refractivity contribution in [3.8, 4) is 0 Å². The highest BCUT2D eigenvalue weighted by atomic mass is 127. The Hall–Kier alpha value is -0.310. The summed E-state index contributed by atoms with van der Waals surface area (Å²) in [4.78, 5) is 15.3. The first-order valence-corrected chi connectivity index (χ1v) is 6.78. The molecule has 0 aliphatic heterocycles. The summed E-state index contributed by atoms with van der Waals surface area (Å²) in [6, 6.07) is 1.32. The van der Waals surface area contributed by atoms with E-state index in [9.17, 15) is 13.6 Å². The van der Waals surface area contributed by atoms with E-state index in [4.69, 9.17) is 0 Å². The molecule has 0 saturated carbocycles. The topological polar surface area (TPSA) is 39.2 Å². The van der Waals surface area contributed by atoms with Gasteiger partial charge in [-0.3, -0.25) is 4.79 Å². The van der Waals surface area contributed by atoms with Crippen molar-refractivity contribution in [1.29, 1.82) is 0 Å². The van der Waals surface area contributed by atoms with Crippen molar-refractivity contribution in [2.24, 2.45) is 0 Å². The number of halogens is 4. The Kier molecular flexibility index (Phi) is 5.71. The largest absolute Gasteiger partial charge is 0.469 e. The summed E-state index contributed by atoms with van der Waals surface area (Å²) in [5.74, 6) is -0.498. The molecule has 0 bridgehead atoms. The monoisotopic (exact) mass is 419 g/mol. The van der Waals surface area contributed by atoms with Gasteiger partial charge in [-0.1, -0.05) is 15.9 Å². The Balaban J connectivity index is 3.23. The van der Waals surface area contributed by atoms with Gasteiger partial charge in [0.15, 0.2) is 0 Å². The molecule has 1 aromatic heterocycles. The van der Waals surface area contributed by atoms with E-state index in [0.29, 0.717) is 15.0 Å². The number of hydrogen-bond donors (Lipinski definition) is 0. The molecule has 0 atom stereocenters. The maximum atomic E-state index is 12.8. The van der Waals surface area contributed by atoms with Gasteiger partial charge >= 0.3 is 5.97 Å². The predicted molar refractivity (Wildman–Crippen MR) is 70.3 cm³/mol. The summed E-state index contributed by atoms with van der Waals surface area (Å²) in [6.45, 7) is 0. The van der Waals surface area contributed by atoms with Crippen molar-refractivity contribution in [2.75, 3.05) is 7.11 Å². The lowest BCUT2D eigenvalue weighted by molar-refractivity contribution is -0.139. The number of carbonyl (C=O) groups excluding carboxylic acids is 1. The van der Waals surface area contributed by atoms with Crippen LogP contribution in [0.3, 0.4) is 0 Å². The van der Waals surface area contributed by atoms with E-state index < -0.39 is 12.4 Å². The van der Waals surface area contributed by atoms with Crippen LogP contribution in [-0.2, 0) is 21.3 Å². The summed E-state index contributed by atoms with van der Waals surface area (Å²) in [7, 11) is 1.25. The van der Waals surface area contributed by atoms with E-state index in [2.05, 4.69) is 25.7 Å². The van der Waals surface area contributed by atoms with E-state index >= 15 is 0 Å². The highest BCUT2D eigenvalue weighted by molar-refractivity contribution is 14.1. The summed E-state index contributed by atoms with van der Waals surface area (Å²) in [6.07, 6.45) is -2.69. The van der Waals surface area contributed by atoms with Gasteiger partial charge in [-0.05, 0) is 34.2 Å². The first kappa shape index (κ1) is 14.7. The number of pyridine rings is 1. The Labute approximate surface area is 119 Å². The van der Waals surface area contributed by atoms with Crippen molar-refractivity contribution >= 4 is 44.5 Å². The first-order chi connectivity index (χ1) is 7.99. The van der Waals surface area contributed by atoms with E-state index in [1.807, 2.05) is 22.6 Å². The zero-order chi connectivity index (χ0) is 13.0. The molecule has 17 heavy (non-hydrogen) atoms. The number of aromatic nitrogens is 1. The molecule has 7 heteroatoms. The third kappa shape index (κ3) is 3.84. The zero-order valence-electron chi connectivity index (χ0n) is 8.84. The second-order valence-electron chi connectivity index (χ2n) is 3.15. The van der Waals surface area contributed by atoms with Crippen LogP contribution in [0.2, 0.25) is 0 Å². The van der Waals surface area contributed by atoms with Crippen LogP contribution in [0.25, 0.3) is 0 Å². The average Bonchev–Trinajstić information content (AvgIpc) is 2.28. The standard InChI is InChI=1S/C10H9BrF2INO2/c1-17-9(16)3-7-6(4-11)5(10(12)13)2-8(14)15-7/h2,10H,3-4H2,1H3. The van der Waals surface area contributed by atoms with Crippen molar-refractivity contribution in [3.05, 3.63) is 26.6 Å². The number of esters is 1. The van der Waals surface area contributed by atoms with E-state index in [1.165, 1.54) is 13.2 Å². The van der Waals surface area contributed by atoms with Gasteiger partial charge in [0.25, 0.3) is 6.43 Å². The molecule has 0 aliphatic rings. The summed E-state index contributed by atoms with van der Waals surface area (Å²) >= 11 is 4.98. The number of methoxy groups -OCH3 is 1. The lowest BCUT2D eigenvalue weighted by Crippen LogP contribution is -2.11. The van der Waals surface area contributed by atoms with E-state index in [1.54, 1.807) is 0 Å². The molecule has 0 radical (unpaired) electrons. The third-order valence-electron chi connectivity index (χ3n) is 2.12. The normalized spacial score (nSPS) is 10.7. The fraction of sp³-hybridized carbons (Fsp3) is 0.400. The van der Waals surface area contributed by atoms with Crippen molar-refractivity contribution in [1.82, 2.24) is 4.98 Å². The second kappa shape index (κ2) is 6.58. The SMILES string of the molecule is COC(=O)Cc1nc(I)cc(C(F)F)c1CBr. The first-order valence-electron chi connectivity index (χ1n) is 4.58. The van der Waals surface area contributed by atoms with Crippen LogP contribution in [0.15, 0.2) is 6.07 Å². The molecule has 1 rings (SSSR count). The number of hydrogen-bond acceptors (Lipinski definition) is 3. The number of ether oxygens (including phenoxy) is 1. The van der Waals surface area contributed by atoms with Gasteiger partial charge in [0, 0.05) is 10.9 Å². The Morgan fingerprint density at radius 2 is 2.29 bits per heavy atom. The molecule has 0 fully saturated rings. The molecule has 3 nitrogen and oxygen atoms in total. The molecule has 0 spiro atoms. The van der Waals surface area contributed by atoms with Gasteiger partial charge in [-0.2, -0.15) is 0 Å². The molecule has 0 unspecified atom stereocenters. The van der Waals surface area contributed by atoms with Gasteiger partial charge in [-0.15, -0.1) is 0 Å². The van der Waals surface area contributed by atoms with Crippen LogP contribution in [0.4, 0.5) is 8.78 Å². The molecule has 1 aromatic rings. The minimum absolute atomic E-state index is 0.0971. The smallest absolute Gasteiger partial charge is 0.311 e. The summed E-state index contributed by atoms with van der Waals surface area (Å²) < 4.78 is 30.6. The van der Waals surface area contributed by atoms with Crippen molar-refractivity contribution in [2.45, 2.75) is 18.2 Å². The molecule has 1 heterocycles. The van der Waals surface area contributed by atoms with Crippen molar-refractivity contribution in [3.63, 3.8) is 0 Å². The van der Waals surface area contributed by atoms with Gasteiger partial charge in [-0.25, -0.2) is 13.8 Å². The molecule has 0 N–H and O–H groups in total. The number of alkyl halides is 3. The Bertz CT molecular complexity index is 429. The van der Waals surface area contributed by atoms with Gasteiger partial charge < -0.3 is 4.74 Å². The lowest BCUT2D eigenvalue weighted by atomic mass is 10.1. The predicted octanol–water partition coefficient (Wildman–Crippen LogP) is 3.23. The number of rotatable bonds is 4. The lowest BCUT2D eigenvalue weighted by Gasteiger charge is -2.11.